The first-order valence-corrected chi connectivity index (χ1v) is 4.02. The monoisotopic (exact) mass is 242 g/mol. The zero-order valence-electron chi connectivity index (χ0n) is 7.18. The predicted molar refractivity (Wildman–Crippen MR) is 46.3 cm³/mol. The topological polar surface area (TPSA) is 68.4 Å². The van der Waals surface area contributed by atoms with Crippen molar-refractivity contribution in [2.24, 2.45) is 0 Å². The van der Waals surface area contributed by atoms with E-state index in [1.807, 2.05) is 0 Å². The summed E-state index contributed by atoms with van der Waals surface area (Å²) in [7, 11) is 0. The van der Waals surface area contributed by atoms with Gasteiger partial charge in [0.2, 0.25) is 5.88 Å². The Labute approximate surface area is 87.4 Å². The van der Waals surface area contributed by atoms with E-state index in [-0.39, 0.29) is 11.3 Å². The molecule has 1 aromatic rings. The highest BCUT2D eigenvalue weighted by Crippen LogP contribution is 2.33. The number of nitrogens with zero attached hydrogens (tertiary/aromatic N) is 1. The first-order valence-electron chi connectivity index (χ1n) is 3.64. The molecular weight excluding hydrogens is 237 g/mol. The summed E-state index contributed by atoms with van der Waals surface area (Å²) >= 11 is 5.46. The van der Waals surface area contributed by atoms with Gasteiger partial charge in [0, 0.05) is 11.8 Å². The Bertz CT molecular complexity index is 370. The summed E-state index contributed by atoms with van der Waals surface area (Å²) in [4.78, 5) is 3.28. The van der Waals surface area contributed by atoms with Crippen LogP contribution in [-0.4, -0.2) is 16.5 Å². The molecule has 0 aliphatic carbocycles. The SMILES string of the molecule is Nc1c(CO)cnc(OC(F)(F)F)c1Cl. The van der Waals surface area contributed by atoms with Crippen LogP contribution in [0, 0.1) is 0 Å². The Morgan fingerprint density at radius 2 is 2.13 bits per heavy atom. The van der Waals surface area contributed by atoms with Gasteiger partial charge in [-0.25, -0.2) is 4.98 Å². The van der Waals surface area contributed by atoms with Crippen LogP contribution in [0.5, 0.6) is 5.88 Å². The van der Waals surface area contributed by atoms with Gasteiger partial charge in [0.15, 0.2) is 0 Å². The maximum atomic E-state index is 11.8. The van der Waals surface area contributed by atoms with Crippen LogP contribution in [0.25, 0.3) is 0 Å². The van der Waals surface area contributed by atoms with Crippen molar-refractivity contribution in [3.05, 3.63) is 16.8 Å². The number of hydrogen-bond donors (Lipinski definition) is 2. The highest BCUT2D eigenvalue weighted by molar-refractivity contribution is 6.34. The average molecular weight is 243 g/mol. The van der Waals surface area contributed by atoms with Crippen LogP contribution in [-0.2, 0) is 6.61 Å². The first kappa shape index (κ1) is 11.9. The van der Waals surface area contributed by atoms with Crippen LogP contribution in [0.15, 0.2) is 6.20 Å². The Balaban J connectivity index is 3.07. The third kappa shape index (κ3) is 2.87. The van der Waals surface area contributed by atoms with Crippen molar-refractivity contribution in [3.8, 4) is 5.88 Å². The Kier molecular flexibility index (Phi) is 3.25. The fourth-order valence-electron chi connectivity index (χ4n) is 0.826. The van der Waals surface area contributed by atoms with E-state index in [2.05, 4.69) is 9.72 Å². The lowest BCUT2D eigenvalue weighted by atomic mass is 10.2. The number of nitrogens with two attached hydrogens (primary N) is 1. The van der Waals surface area contributed by atoms with Crippen LogP contribution in [0.1, 0.15) is 5.56 Å². The minimum absolute atomic E-state index is 0.134. The normalized spacial score (nSPS) is 11.5. The van der Waals surface area contributed by atoms with Crippen LogP contribution in [0.4, 0.5) is 18.9 Å². The minimum Gasteiger partial charge on any atom is -0.397 e. The molecule has 0 saturated heterocycles. The molecule has 0 bridgehead atoms. The summed E-state index contributed by atoms with van der Waals surface area (Å²) in [5, 5.41) is 8.25. The van der Waals surface area contributed by atoms with E-state index in [0.29, 0.717) is 0 Å². The first-order chi connectivity index (χ1) is 6.85. The highest BCUT2D eigenvalue weighted by Gasteiger charge is 2.33. The minimum atomic E-state index is -4.89. The molecule has 1 aromatic heterocycles. The molecule has 84 valence electrons. The third-order valence-electron chi connectivity index (χ3n) is 1.49. The number of aliphatic hydroxyl groups excluding tert-OH is 1. The molecule has 3 N–H and O–H groups in total. The fourth-order valence-corrected chi connectivity index (χ4v) is 1.03. The van der Waals surface area contributed by atoms with Crippen molar-refractivity contribution < 1.29 is 23.0 Å². The Morgan fingerprint density at radius 1 is 1.53 bits per heavy atom. The van der Waals surface area contributed by atoms with E-state index in [1.165, 1.54) is 0 Å². The molecule has 1 heterocycles. The quantitative estimate of drug-likeness (QED) is 0.828. The predicted octanol–water partition coefficient (Wildman–Crippen LogP) is 1.71. The summed E-state index contributed by atoms with van der Waals surface area (Å²) in [6, 6.07) is 0. The van der Waals surface area contributed by atoms with E-state index < -0.39 is 23.9 Å². The fraction of sp³-hybridized carbons (Fsp3) is 0.286. The number of ether oxygens (including phenoxy) is 1. The highest BCUT2D eigenvalue weighted by atomic mass is 35.5. The van der Waals surface area contributed by atoms with Gasteiger partial charge in [0.05, 0.1) is 12.3 Å². The van der Waals surface area contributed by atoms with E-state index in [1.54, 1.807) is 0 Å². The molecule has 0 amide bonds. The van der Waals surface area contributed by atoms with Gasteiger partial charge in [-0.3, -0.25) is 0 Å². The van der Waals surface area contributed by atoms with E-state index in [9.17, 15) is 13.2 Å². The van der Waals surface area contributed by atoms with Gasteiger partial charge in [-0.15, -0.1) is 13.2 Å². The molecule has 4 nitrogen and oxygen atoms in total. The number of halogens is 4. The second kappa shape index (κ2) is 4.11. The smallest absolute Gasteiger partial charge is 0.397 e. The second-order valence-corrected chi connectivity index (χ2v) is 2.90. The molecule has 0 atom stereocenters. The van der Waals surface area contributed by atoms with Gasteiger partial charge in [-0.2, -0.15) is 0 Å². The second-order valence-electron chi connectivity index (χ2n) is 2.52. The van der Waals surface area contributed by atoms with E-state index in [4.69, 9.17) is 22.4 Å². The molecule has 8 heteroatoms. The third-order valence-corrected chi connectivity index (χ3v) is 1.86. The summed E-state index contributed by atoms with van der Waals surface area (Å²) < 4.78 is 39.0. The molecule has 0 radical (unpaired) electrons. The molecule has 0 spiro atoms. The van der Waals surface area contributed by atoms with Gasteiger partial charge in [0.25, 0.3) is 0 Å². The largest absolute Gasteiger partial charge is 0.574 e. The summed E-state index contributed by atoms with van der Waals surface area (Å²) in [6.07, 6.45) is -3.92. The molecule has 0 aromatic carbocycles. The lowest BCUT2D eigenvalue weighted by molar-refractivity contribution is -0.276. The van der Waals surface area contributed by atoms with Crippen molar-refractivity contribution in [2.45, 2.75) is 13.0 Å². The Morgan fingerprint density at radius 3 is 2.60 bits per heavy atom. The summed E-state index contributed by atoms with van der Waals surface area (Å²) in [6.45, 7) is -0.467. The van der Waals surface area contributed by atoms with Gasteiger partial charge in [-0.1, -0.05) is 11.6 Å². The van der Waals surface area contributed by atoms with Crippen molar-refractivity contribution >= 4 is 17.3 Å². The lowest BCUT2D eigenvalue weighted by Crippen LogP contribution is -2.18. The van der Waals surface area contributed by atoms with Crippen molar-refractivity contribution in [2.75, 3.05) is 5.73 Å². The van der Waals surface area contributed by atoms with Crippen LogP contribution < -0.4 is 10.5 Å². The molecule has 0 fully saturated rings. The molecule has 0 unspecified atom stereocenters. The van der Waals surface area contributed by atoms with Crippen molar-refractivity contribution in [1.82, 2.24) is 4.98 Å². The number of aromatic nitrogens is 1. The maximum absolute atomic E-state index is 11.8. The standard InChI is InChI=1S/C7H6ClF3N2O2/c8-4-5(12)3(2-14)1-13-6(4)15-7(9,10)11/h1,14H,2H2,(H2,12,13). The van der Waals surface area contributed by atoms with Crippen molar-refractivity contribution in [1.29, 1.82) is 0 Å². The Hall–Kier alpha value is -1.21. The molecule has 0 aliphatic heterocycles. The molecule has 0 saturated carbocycles. The average Bonchev–Trinajstić information content (AvgIpc) is 2.11. The zero-order valence-corrected chi connectivity index (χ0v) is 7.93. The van der Waals surface area contributed by atoms with Gasteiger partial charge in [0.1, 0.15) is 5.02 Å². The lowest BCUT2D eigenvalue weighted by Gasteiger charge is -2.11. The molecular formula is C7H6ClF3N2O2. The van der Waals surface area contributed by atoms with Crippen LogP contribution in [0.2, 0.25) is 5.02 Å². The number of rotatable bonds is 2. The molecule has 15 heavy (non-hydrogen) atoms. The number of alkyl halides is 3. The number of anilines is 1. The number of aliphatic hydroxyl groups is 1. The summed E-state index contributed by atoms with van der Waals surface area (Å²) in [5.41, 5.74) is 5.28. The number of pyridine rings is 1. The van der Waals surface area contributed by atoms with Crippen LogP contribution in [0.3, 0.4) is 0 Å². The van der Waals surface area contributed by atoms with E-state index >= 15 is 0 Å². The van der Waals surface area contributed by atoms with E-state index in [0.717, 1.165) is 6.20 Å². The van der Waals surface area contributed by atoms with Gasteiger partial charge in [-0.05, 0) is 0 Å². The van der Waals surface area contributed by atoms with Gasteiger partial charge < -0.3 is 15.6 Å². The maximum Gasteiger partial charge on any atom is 0.574 e. The number of nitrogen functional groups attached to an aromatic ring is 1. The van der Waals surface area contributed by atoms with Crippen LogP contribution >= 0.6 is 11.6 Å². The van der Waals surface area contributed by atoms with Crippen molar-refractivity contribution in [3.63, 3.8) is 0 Å². The summed E-state index contributed by atoms with van der Waals surface area (Å²) in [5.74, 6) is -0.834. The zero-order chi connectivity index (χ0) is 11.6. The molecule has 1 rings (SSSR count). The van der Waals surface area contributed by atoms with Gasteiger partial charge >= 0.3 is 6.36 Å². The number of hydrogen-bond acceptors (Lipinski definition) is 4. The molecule has 0 aliphatic rings.